The molecule has 0 atom stereocenters. The van der Waals surface area contributed by atoms with Gasteiger partial charge in [0.2, 0.25) is 0 Å². The number of ether oxygens (including phenoxy) is 1. The van der Waals surface area contributed by atoms with Crippen LogP contribution in [0.4, 0.5) is 0 Å². The minimum atomic E-state index is -0.105. The Bertz CT molecular complexity index is 450. The van der Waals surface area contributed by atoms with Crippen LogP contribution in [0.15, 0.2) is 24.3 Å². The van der Waals surface area contributed by atoms with Crippen LogP contribution in [-0.4, -0.2) is 18.6 Å². The van der Waals surface area contributed by atoms with E-state index in [1.54, 1.807) is 12.1 Å². The van der Waals surface area contributed by atoms with E-state index in [9.17, 15) is 4.79 Å². The molecule has 0 radical (unpaired) electrons. The molecular weight excluding hydrogens is 240 g/mol. The second-order valence-electron chi connectivity index (χ2n) is 4.57. The van der Waals surface area contributed by atoms with Crippen molar-refractivity contribution >= 4 is 5.91 Å². The van der Waals surface area contributed by atoms with E-state index in [0.717, 1.165) is 12.8 Å². The largest absolute Gasteiger partial charge is 0.491 e. The molecule has 0 aromatic heterocycles. The molecule has 0 saturated heterocycles. The van der Waals surface area contributed by atoms with E-state index < -0.39 is 0 Å². The van der Waals surface area contributed by atoms with Gasteiger partial charge in [0.05, 0.1) is 12.2 Å². The molecule has 0 fully saturated rings. The maximum absolute atomic E-state index is 11.9. The van der Waals surface area contributed by atoms with Gasteiger partial charge in [-0.25, -0.2) is 0 Å². The van der Waals surface area contributed by atoms with Gasteiger partial charge >= 0.3 is 0 Å². The van der Waals surface area contributed by atoms with Crippen LogP contribution in [0, 0.1) is 11.3 Å². The highest BCUT2D eigenvalue weighted by Gasteiger charge is 2.06. The molecule has 0 aliphatic carbocycles. The lowest BCUT2D eigenvalue weighted by Crippen LogP contribution is -2.24. The lowest BCUT2D eigenvalue weighted by atomic mass is 10.2. The quantitative estimate of drug-likeness (QED) is 0.767. The van der Waals surface area contributed by atoms with Crippen molar-refractivity contribution in [2.24, 2.45) is 0 Å². The fourth-order valence-electron chi connectivity index (χ4n) is 1.62. The zero-order valence-corrected chi connectivity index (χ0v) is 11.5. The van der Waals surface area contributed by atoms with Crippen molar-refractivity contribution < 1.29 is 9.53 Å². The molecule has 1 N–H and O–H groups in total. The molecule has 0 bridgehead atoms. The standard InChI is InChI=1S/C15H20N2O2/c1-12(2)19-14-8-6-7-13(11-14)15(18)17-10-5-3-4-9-16/h6-8,11-12H,3-5,10H2,1-2H3,(H,17,18). The Morgan fingerprint density at radius 1 is 1.42 bits per heavy atom. The molecule has 0 saturated carbocycles. The van der Waals surface area contributed by atoms with Crippen LogP contribution in [0.3, 0.4) is 0 Å². The number of benzene rings is 1. The van der Waals surface area contributed by atoms with E-state index in [0.29, 0.717) is 24.3 Å². The summed E-state index contributed by atoms with van der Waals surface area (Å²) in [7, 11) is 0. The summed E-state index contributed by atoms with van der Waals surface area (Å²) in [5.41, 5.74) is 0.596. The summed E-state index contributed by atoms with van der Waals surface area (Å²) in [4.78, 5) is 11.9. The van der Waals surface area contributed by atoms with E-state index in [-0.39, 0.29) is 12.0 Å². The van der Waals surface area contributed by atoms with Gasteiger partial charge in [0.15, 0.2) is 0 Å². The summed E-state index contributed by atoms with van der Waals surface area (Å²) < 4.78 is 5.55. The molecule has 1 amide bonds. The number of carbonyl (C=O) groups is 1. The van der Waals surface area contributed by atoms with Gasteiger partial charge in [-0.15, -0.1) is 0 Å². The predicted octanol–water partition coefficient (Wildman–Crippen LogP) is 2.90. The third kappa shape index (κ3) is 5.91. The average Bonchev–Trinajstić information content (AvgIpc) is 2.38. The van der Waals surface area contributed by atoms with Gasteiger partial charge in [-0.2, -0.15) is 5.26 Å². The number of nitrogens with zero attached hydrogens (tertiary/aromatic N) is 1. The van der Waals surface area contributed by atoms with E-state index in [4.69, 9.17) is 10.00 Å². The van der Waals surface area contributed by atoms with Crippen molar-refractivity contribution in [1.29, 1.82) is 5.26 Å². The van der Waals surface area contributed by atoms with Gasteiger partial charge in [-0.05, 0) is 44.9 Å². The molecule has 0 heterocycles. The SMILES string of the molecule is CC(C)Oc1cccc(C(=O)NCCCCC#N)c1. The van der Waals surface area contributed by atoms with Gasteiger partial charge in [0, 0.05) is 18.5 Å². The first-order chi connectivity index (χ1) is 9.13. The topological polar surface area (TPSA) is 62.1 Å². The number of unbranched alkanes of at least 4 members (excludes halogenated alkanes) is 2. The van der Waals surface area contributed by atoms with Crippen molar-refractivity contribution in [3.05, 3.63) is 29.8 Å². The fraction of sp³-hybridized carbons (Fsp3) is 0.467. The van der Waals surface area contributed by atoms with E-state index in [2.05, 4.69) is 11.4 Å². The van der Waals surface area contributed by atoms with Crippen molar-refractivity contribution in [3.63, 3.8) is 0 Å². The van der Waals surface area contributed by atoms with Gasteiger partial charge in [-0.3, -0.25) is 4.79 Å². The number of hydrogen-bond donors (Lipinski definition) is 1. The van der Waals surface area contributed by atoms with Crippen molar-refractivity contribution in [2.45, 2.75) is 39.2 Å². The first-order valence-electron chi connectivity index (χ1n) is 6.55. The van der Waals surface area contributed by atoms with Crippen LogP contribution in [0.1, 0.15) is 43.5 Å². The number of carbonyl (C=O) groups excluding carboxylic acids is 1. The molecule has 1 rings (SSSR count). The maximum Gasteiger partial charge on any atom is 0.251 e. The second kappa shape index (κ2) is 8.15. The highest BCUT2D eigenvalue weighted by molar-refractivity contribution is 5.94. The van der Waals surface area contributed by atoms with Crippen molar-refractivity contribution in [1.82, 2.24) is 5.32 Å². The Balaban J connectivity index is 2.46. The monoisotopic (exact) mass is 260 g/mol. The van der Waals surface area contributed by atoms with Crippen LogP contribution in [-0.2, 0) is 0 Å². The Labute approximate surface area is 114 Å². The second-order valence-corrected chi connectivity index (χ2v) is 4.57. The Morgan fingerprint density at radius 3 is 2.89 bits per heavy atom. The minimum absolute atomic E-state index is 0.0873. The summed E-state index contributed by atoms with van der Waals surface area (Å²) in [6, 6.07) is 9.23. The normalized spacial score (nSPS) is 10.0. The third-order valence-corrected chi connectivity index (χ3v) is 2.47. The Hall–Kier alpha value is -2.02. The van der Waals surface area contributed by atoms with Crippen LogP contribution < -0.4 is 10.1 Å². The van der Waals surface area contributed by atoms with Crippen molar-refractivity contribution in [2.75, 3.05) is 6.54 Å². The highest BCUT2D eigenvalue weighted by atomic mass is 16.5. The summed E-state index contributed by atoms with van der Waals surface area (Å²) in [6.45, 7) is 4.49. The third-order valence-electron chi connectivity index (χ3n) is 2.47. The zero-order valence-electron chi connectivity index (χ0n) is 11.5. The molecule has 4 nitrogen and oxygen atoms in total. The Morgan fingerprint density at radius 2 is 2.21 bits per heavy atom. The number of amides is 1. The lowest BCUT2D eigenvalue weighted by Gasteiger charge is -2.11. The van der Waals surface area contributed by atoms with E-state index >= 15 is 0 Å². The molecular formula is C15H20N2O2. The van der Waals surface area contributed by atoms with E-state index in [1.807, 2.05) is 26.0 Å². The van der Waals surface area contributed by atoms with Crippen LogP contribution in [0.2, 0.25) is 0 Å². The van der Waals surface area contributed by atoms with Gasteiger partial charge < -0.3 is 10.1 Å². The first kappa shape index (κ1) is 15.0. The van der Waals surface area contributed by atoms with Gasteiger partial charge in [0.1, 0.15) is 5.75 Å². The number of nitrogens with one attached hydrogen (secondary N) is 1. The summed E-state index contributed by atoms with van der Waals surface area (Å²) in [5, 5.41) is 11.2. The fourth-order valence-corrected chi connectivity index (χ4v) is 1.62. The summed E-state index contributed by atoms with van der Waals surface area (Å²) in [5.74, 6) is 0.596. The number of rotatable bonds is 7. The molecule has 1 aromatic carbocycles. The van der Waals surface area contributed by atoms with E-state index in [1.165, 1.54) is 0 Å². The maximum atomic E-state index is 11.9. The number of hydrogen-bond acceptors (Lipinski definition) is 3. The molecule has 102 valence electrons. The van der Waals surface area contributed by atoms with Crippen LogP contribution >= 0.6 is 0 Å². The molecule has 0 aliphatic heterocycles. The van der Waals surface area contributed by atoms with Crippen LogP contribution in [0.25, 0.3) is 0 Å². The molecule has 1 aromatic rings. The Kier molecular flexibility index (Phi) is 6.45. The smallest absolute Gasteiger partial charge is 0.251 e. The molecule has 4 heteroatoms. The average molecular weight is 260 g/mol. The zero-order chi connectivity index (χ0) is 14.1. The summed E-state index contributed by atoms with van der Waals surface area (Å²) in [6.07, 6.45) is 2.26. The molecule has 0 spiro atoms. The lowest BCUT2D eigenvalue weighted by molar-refractivity contribution is 0.0952. The predicted molar refractivity (Wildman–Crippen MR) is 74.0 cm³/mol. The molecule has 0 aliphatic rings. The van der Waals surface area contributed by atoms with Crippen LogP contribution in [0.5, 0.6) is 5.75 Å². The first-order valence-corrected chi connectivity index (χ1v) is 6.55. The van der Waals surface area contributed by atoms with Gasteiger partial charge in [-0.1, -0.05) is 6.07 Å². The number of nitriles is 1. The minimum Gasteiger partial charge on any atom is -0.491 e. The summed E-state index contributed by atoms with van der Waals surface area (Å²) >= 11 is 0. The molecule has 19 heavy (non-hydrogen) atoms. The molecule has 0 unspecified atom stereocenters. The van der Waals surface area contributed by atoms with Gasteiger partial charge in [0.25, 0.3) is 5.91 Å². The highest BCUT2D eigenvalue weighted by Crippen LogP contribution is 2.14. The van der Waals surface area contributed by atoms with Crippen molar-refractivity contribution in [3.8, 4) is 11.8 Å².